The Morgan fingerprint density at radius 2 is 1.59 bits per heavy atom. The molecule has 1 amide bonds. The summed E-state index contributed by atoms with van der Waals surface area (Å²) in [5.41, 5.74) is 5.34. The summed E-state index contributed by atoms with van der Waals surface area (Å²) in [6.07, 6.45) is 2.90. The van der Waals surface area contributed by atoms with Crippen LogP contribution in [0.4, 0.5) is 17.2 Å². The van der Waals surface area contributed by atoms with Gasteiger partial charge in [-0.15, -0.1) is 0 Å². The quantitative estimate of drug-likeness (QED) is 0.635. The second-order valence-corrected chi connectivity index (χ2v) is 6.71. The number of methoxy groups -OCH3 is 1. The zero-order valence-electron chi connectivity index (χ0n) is 16.7. The van der Waals surface area contributed by atoms with E-state index in [0.29, 0.717) is 11.4 Å². The van der Waals surface area contributed by atoms with Crippen molar-refractivity contribution in [2.75, 3.05) is 17.7 Å². The molecule has 0 aliphatic carbocycles. The van der Waals surface area contributed by atoms with Crippen molar-refractivity contribution >= 4 is 29.1 Å². The Kier molecular flexibility index (Phi) is 5.87. The van der Waals surface area contributed by atoms with Gasteiger partial charge in [0.2, 0.25) is 0 Å². The number of nitrogens with zero attached hydrogens (tertiary/aromatic N) is 2. The molecule has 0 bridgehead atoms. The second-order valence-electron chi connectivity index (χ2n) is 6.71. The monoisotopic (exact) mass is 390 g/mol. The number of aryl methyl sites for hydroxylation is 3. The van der Waals surface area contributed by atoms with Gasteiger partial charge in [-0.2, -0.15) is 0 Å². The first kappa shape index (κ1) is 20.0. The van der Waals surface area contributed by atoms with Crippen LogP contribution in [0.2, 0.25) is 0 Å². The fourth-order valence-electron chi connectivity index (χ4n) is 3.02. The minimum absolute atomic E-state index is 0.218. The van der Waals surface area contributed by atoms with E-state index in [4.69, 9.17) is 0 Å². The van der Waals surface area contributed by atoms with Gasteiger partial charge in [-0.25, -0.2) is 14.8 Å². The maximum absolute atomic E-state index is 12.5. The third-order valence-electron chi connectivity index (χ3n) is 4.38. The van der Waals surface area contributed by atoms with Crippen LogP contribution in [0.1, 0.15) is 37.5 Å². The van der Waals surface area contributed by atoms with Crippen molar-refractivity contribution in [2.24, 2.45) is 0 Å². The number of aromatic nitrogens is 2. The minimum Gasteiger partial charge on any atom is -0.465 e. The van der Waals surface area contributed by atoms with Gasteiger partial charge in [0.05, 0.1) is 25.1 Å². The van der Waals surface area contributed by atoms with E-state index in [2.05, 4.69) is 25.3 Å². The van der Waals surface area contributed by atoms with Crippen molar-refractivity contribution in [3.63, 3.8) is 0 Å². The average Bonchev–Trinajstić information content (AvgIpc) is 2.71. The SMILES string of the molecule is COC(=O)c1ccc(Nc2cnc(C(=O)Nc3c(C)cc(C)cc3C)cn2)cc1. The number of nitrogens with one attached hydrogen (secondary N) is 2. The maximum Gasteiger partial charge on any atom is 0.337 e. The molecule has 0 aliphatic rings. The Morgan fingerprint density at radius 3 is 2.14 bits per heavy atom. The molecule has 0 atom stereocenters. The van der Waals surface area contributed by atoms with Crippen molar-refractivity contribution in [3.8, 4) is 0 Å². The zero-order chi connectivity index (χ0) is 21.0. The lowest BCUT2D eigenvalue weighted by molar-refractivity contribution is 0.0600. The summed E-state index contributed by atoms with van der Waals surface area (Å²) in [7, 11) is 1.34. The number of esters is 1. The summed E-state index contributed by atoms with van der Waals surface area (Å²) >= 11 is 0. The summed E-state index contributed by atoms with van der Waals surface area (Å²) in [4.78, 5) is 32.4. The lowest BCUT2D eigenvalue weighted by atomic mass is 10.1. The van der Waals surface area contributed by atoms with Gasteiger partial charge >= 0.3 is 5.97 Å². The molecule has 1 aromatic heterocycles. The van der Waals surface area contributed by atoms with E-state index in [0.717, 1.165) is 28.1 Å². The summed E-state index contributed by atoms with van der Waals surface area (Å²) < 4.78 is 4.67. The van der Waals surface area contributed by atoms with Gasteiger partial charge < -0.3 is 15.4 Å². The average molecular weight is 390 g/mol. The van der Waals surface area contributed by atoms with Crippen LogP contribution in [-0.2, 0) is 4.74 Å². The summed E-state index contributed by atoms with van der Waals surface area (Å²) in [5, 5.41) is 5.98. The molecule has 148 valence electrons. The van der Waals surface area contributed by atoms with Gasteiger partial charge in [0.1, 0.15) is 11.5 Å². The molecule has 0 saturated heterocycles. The molecular weight excluding hydrogens is 368 g/mol. The summed E-state index contributed by atoms with van der Waals surface area (Å²) in [5.74, 6) is -0.234. The molecular formula is C22H22N4O3. The molecule has 0 radical (unpaired) electrons. The predicted molar refractivity (Wildman–Crippen MR) is 112 cm³/mol. The maximum atomic E-state index is 12.5. The first-order chi connectivity index (χ1) is 13.9. The topological polar surface area (TPSA) is 93.2 Å². The molecule has 0 spiro atoms. The van der Waals surface area contributed by atoms with Crippen molar-refractivity contribution in [3.05, 3.63) is 76.7 Å². The molecule has 0 unspecified atom stereocenters. The van der Waals surface area contributed by atoms with Gasteiger partial charge in [0.15, 0.2) is 0 Å². The van der Waals surface area contributed by atoms with Crippen molar-refractivity contribution in [1.29, 1.82) is 0 Å². The highest BCUT2D eigenvalue weighted by Gasteiger charge is 2.12. The van der Waals surface area contributed by atoms with Crippen molar-refractivity contribution in [1.82, 2.24) is 9.97 Å². The number of carbonyl (C=O) groups excluding carboxylic acids is 2. The van der Waals surface area contributed by atoms with Crippen LogP contribution < -0.4 is 10.6 Å². The highest BCUT2D eigenvalue weighted by atomic mass is 16.5. The summed E-state index contributed by atoms with van der Waals surface area (Å²) in [6.45, 7) is 5.94. The fourth-order valence-corrected chi connectivity index (χ4v) is 3.02. The Morgan fingerprint density at radius 1 is 0.931 bits per heavy atom. The largest absolute Gasteiger partial charge is 0.465 e. The smallest absolute Gasteiger partial charge is 0.337 e. The van der Waals surface area contributed by atoms with E-state index in [1.807, 2.05) is 32.9 Å². The Bertz CT molecular complexity index is 1020. The molecule has 0 aliphatic heterocycles. The summed E-state index contributed by atoms with van der Waals surface area (Å²) in [6, 6.07) is 10.8. The molecule has 7 nitrogen and oxygen atoms in total. The van der Waals surface area contributed by atoms with Crippen LogP contribution in [0, 0.1) is 20.8 Å². The van der Waals surface area contributed by atoms with Crippen LogP contribution >= 0.6 is 0 Å². The van der Waals surface area contributed by atoms with Crippen LogP contribution in [0.25, 0.3) is 0 Å². The molecule has 29 heavy (non-hydrogen) atoms. The molecule has 2 N–H and O–H groups in total. The van der Waals surface area contributed by atoms with E-state index in [1.165, 1.54) is 19.5 Å². The first-order valence-corrected chi connectivity index (χ1v) is 9.04. The minimum atomic E-state index is -0.397. The van der Waals surface area contributed by atoms with Crippen LogP contribution in [0.15, 0.2) is 48.8 Å². The van der Waals surface area contributed by atoms with Gasteiger partial charge in [-0.05, 0) is 56.2 Å². The molecule has 2 aromatic carbocycles. The fraction of sp³-hybridized carbons (Fsp3) is 0.182. The molecule has 7 heteroatoms. The van der Waals surface area contributed by atoms with Crippen molar-refractivity contribution < 1.29 is 14.3 Å². The molecule has 1 heterocycles. The number of carbonyl (C=O) groups is 2. The van der Waals surface area contributed by atoms with Crippen LogP contribution in [0.3, 0.4) is 0 Å². The molecule has 0 saturated carbocycles. The van der Waals surface area contributed by atoms with E-state index >= 15 is 0 Å². The number of hydrogen-bond donors (Lipinski definition) is 2. The van der Waals surface area contributed by atoms with Gasteiger partial charge in [-0.3, -0.25) is 4.79 Å². The lowest BCUT2D eigenvalue weighted by Crippen LogP contribution is -2.16. The van der Waals surface area contributed by atoms with Gasteiger partial charge in [0, 0.05) is 11.4 Å². The lowest BCUT2D eigenvalue weighted by Gasteiger charge is -2.12. The first-order valence-electron chi connectivity index (χ1n) is 9.04. The third-order valence-corrected chi connectivity index (χ3v) is 4.38. The second kappa shape index (κ2) is 8.52. The van der Waals surface area contributed by atoms with Gasteiger partial charge in [0.25, 0.3) is 5.91 Å². The standard InChI is InChI=1S/C22H22N4O3/c1-13-9-14(2)20(15(3)10-13)26-21(27)18-11-24-19(12-23-18)25-17-7-5-16(6-8-17)22(28)29-4/h5-12H,1-4H3,(H,24,25)(H,26,27). The van der Waals surface area contributed by atoms with Crippen LogP contribution in [-0.4, -0.2) is 29.0 Å². The molecule has 3 rings (SSSR count). The van der Waals surface area contributed by atoms with E-state index in [-0.39, 0.29) is 11.6 Å². The van der Waals surface area contributed by atoms with Crippen LogP contribution in [0.5, 0.6) is 0 Å². The van der Waals surface area contributed by atoms with E-state index in [1.54, 1.807) is 24.3 Å². The normalized spacial score (nSPS) is 10.3. The highest BCUT2D eigenvalue weighted by molar-refractivity contribution is 6.03. The Balaban J connectivity index is 1.68. The van der Waals surface area contributed by atoms with E-state index in [9.17, 15) is 9.59 Å². The number of hydrogen-bond acceptors (Lipinski definition) is 6. The predicted octanol–water partition coefficient (Wildman–Crippen LogP) is 4.18. The number of benzene rings is 2. The number of amides is 1. The van der Waals surface area contributed by atoms with Crippen molar-refractivity contribution in [2.45, 2.75) is 20.8 Å². The third kappa shape index (κ3) is 4.76. The molecule has 3 aromatic rings. The Hall–Kier alpha value is -3.74. The number of ether oxygens (including phenoxy) is 1. The molecule has 0 fully saturated rings. The number of rotatable bonds is 5. The highest BCUT2D eigenvalue weighted by Crippen LogP contribution is 2.22. The zero-order valence-corrected chi connectivity index (χ0v) is 16.7. The van der Waals surface area contributed by atoms with E-state index < -0.39 is 5.97 Å². The Labute approximate surface area is 169 Å². The number of anilines is 3. The van der Waals surface area contributed by atoms with Gasteiger partial charge in [-0.1, -0.05) is 17.7 Å².